The Balaban J connectivity index is 1.83. The van der Waals surface area contributed by atoms with Crippen molar-refractivity contribution < 1.29 is 8.42 Å². The van der Waals surface area contributed by atoms with Crippen LogP contribution in [0.3, 0.4) is 0 Å². The molecule has 178 valence electrons. The average Bonchev–Trinajstić information content (AvgIpc) is 2.79. The highest BCUT2D eigenvalue weighted by atomic mass is 35.5. The minimum Gasteiger partial charge on any atom is -0.224 e. The fourth-order valence-corrected chi connectivity index (χ4v) is 7.34. The molecule has 2 nitrogen and oxygen atoms in total. The zero-order chi connectivity index (χ0) is 23.2. The van der Waals surface area contributed by atoms with Crippen molar-refractivity contribution in [3.63, 3.8) is 0 Å². The predicted molar refractivity (Wildman–Crippen MR) is 142 cm³/mol. The predicted octanol–water partition coefficient (Wildman–Crippen LogP) is 9.16. The number of hydrogen-bond acceptors (Lipinski definition) is 3. The number of halogens is 2. The van der Waals surface area contributed by atoms with Crippen LogP contribution in [0.4, 0.5) is 0 Å². The molecular formula is C26H36Cl2O2S2. The zero-order valence-corrected chi connectivity index (χ0v) is 22.2. The highest BCUT2D eigenvalue weighted by Crippen LogP contribution is 2.34. The van der Waals surface area contributed by atoms with Crippen molar-refractivity contribution in [1.29, 1.82) is 0 Å². The minimum atomic E-state index is -3.48. The maximum Gasteiger partial charge on any atom is 0.179 e. The number of hydrogen-bond donors (Lipinski definition) is 0. The first-order chi connectivity index (χ1) is 15.4. The second-order valence-corrected chi connectivity index (χ2v) is 12.5. The molecule has 0 aromatic heterocycles. The Morgan fingerprint density at radius 1 is 0.781 bits per heavy atom. The fourth-order valence-electron chi connectivity index (χ4n) is 3.69. The summed E-state index contributed by atoms with van der Waals surface area (Å²) in [4.78, 5) is 0.229. The second-order valence-electron chi connectivity index (χ2n) is 8.31. The molecule has 0 fully saturated rings. The fraction of sp³-hybridized carbons (Fsp3) is 0.538. The third-order valence-electron chi connectivity index (χ3n) is 5.61. The number of thioether (sulfide) groups is 1. The first-order valence-corrected chi connectivity index (χ1v) is 15.2. The maximum absolute atomic E-state index is 13.1. The van der Waals surface area contributed by atoms with Crippen molar-refractivity contribution in [2.45, 2.75) is 81.3 Å². The molecule has 2 rings (SSSR count). The lowest BCUT2D eigenvalue weighted by molar-refractivity contribution is 0.563. The molecule has 2 aromatic carbocycles. The maximum atomic E-state index is 13.1. The standard InChI is InChI=1S/C26H36Cl2O2S2/c1-2-3-4-5-6-7-8-9-10-14-19-31-26(22-15-12-11-13-16-22)21-32(29,30)23-17-18-24(27)25(28)20-23/h11-13,15-18,20,26H,2-10,14,19,21H2,1H3/t26-/m0/s1. The summed E-state index contributed by atoms with van der Waals surface area (Å²) in [5.41, 5.74) is 1.05. The Kier molecular flexibility index (Phi) is 13.1. The molecule has 0 unspecified atom stereocenters. The molecule has 0 heterocycles. The van der Waals surface area contributed by atoms with Gasteiger partial charge >= 0.3 is 0 Å². The Bertz CT molecular complexity index is 886. The Morgan fingerprint density at radius 3 is 1.97 bits per heavy atom. The molecule has 0 saturated carbocycles. The van der Waals surface area contributed by atoms with E-state index in [0.717, 1.165) is 17.7 Å². The summed E-state index contributed by atoms with van der Waals surface area (Å²) in [6.45, 7) is 2.25. The quantitative estimate of drug-likeness (QED) is 0.209. The van der Waals surface area contributed by atoms with Gasteiger partial charge in [0.25, 0.3) is 0 Å². The largest absolute Gasteiger partial charge is 0.224 e. The normalized spacial score (nSPS) is 12.7. The summed E-state index contributed by atoms with van der Waals surface area (Å²) < 4.78 is 26.1. The number of unbranched alkanes of at least 4 members (excludes halogenated alkanes) is 9. The SMILES string of the molecule is CCCCCCCCCCCCS[C@@H](CS(=O)(=O)c1ccc(Cl)c(Cl)c1)c1ccccc1. The van der Waals surface area contributed by atoms with Gasteiger partial charge in [0.2, 0.25) is 0 Å². The van der Waals surface area contributed by atoms with E-state index in [1.807, 2.05) is 30.3 Å². The molecule has 32 heavy (non-hydrogen) atoms. The average molecular weight is 516 g/mol. The Hall–Kier alpha value is -0.680. The van der Waals surface area contributed by atoms with Gasteiger partial charge in [-0.05, 0) is 35.9 Å². The second kappa shape index (κ2) is 15.3. The van der Waals surface area contributed by atoms with Crippen molar-refractivity contribution >= 4 is 44.8 Å². The smallest absolute Gasteiger partial charge is 0.179 e. The van der Waals surface area contributed by atoms with Crippen LogP contribution >= 0.6 is 35.0 Å². The van der Waals surface area contributed by atoms with E-state index in [1.54, 1.807) is 23.9 Å². The molecule has 0 aliphatic heterocycles. The van der Waals surface area contributed by atoms with E-state index in [9.17, 15) is 8.42 Å². The first kappa shape index (κ1) is 27.6. The number of sulfone groups is 1. The molecule has 0 spiro atoms. The molecule has 0 amide bonds. The molecule has 0 saturated heterocycles. The Morgan fingerprint density at radius 2 is 1.38 bits per heavy atom. The first-order valence-electron chi connectivity index (χ1n) is 11.8. The van der Waals surface area contributed by atoms with Crippen molar-refractivity contribution in [2.75, 3.05) is 11.5 Å². The van der Waals surface area contributed by atoms with E-state index in [-0.39, 0.29) is 20.9 Å². The van der Waals surface area contributed by atoms with Crippen molar-refractivity contribution in [3.05, 3.63) is 64.1 Å². The van der Waals surface area contributed by atoms with Crippen LogP contribution in [-0.2, 0) is 9.84 Å². The lowest BCUT2D eigenvalue weighted by Crippen LogP contribution is -2.13. The highest BCUT2D eigenvalue weighted by Gasteiger charge is 2.23. The molecule has 0 N–H and O–H groups in total. The van der Waals surface area contributed by atoms with Gasteiger partial charge in [-0.2, -0.15) is 11.8 Å². The summed E-state index contributed by atoms with van der Waals surface area (Å²) in [6, 6.07) is 14.5. The third kappa shape index (κ3) is 10.1. The van der Waals surface area contributed by atoms with E-state index < -0.39 is 9.84 Å². The van der Waals surface area contributed by atoms with Gasteiger partial charge in [-0.1, -0.05) is 118 Å². The van der Waals surface area contributed by atoms with Crippen molar-refractivity contribution in [1.82, 2.24) is 0 Å². The molecule has 2 aromatic rings. The van der Waals surface area contributed by atoms with Gasteiger partial charge in [0.15, 0.2) is 9.84 Å². The third-order valence-corrected chi connectivity index (χ3v) is 9.67. The molecule has 0 radical (unpaired) electrons. The van der Waals surface area contributed by atoms with Gasteiger partial charge in [0.1, 0.15) is 0 Å². The lowest BCUT2D eigenvalue weighted by atomic mass is 10.1. The van der Waals surface area contributed by atoms with Crippen LogP contribution in [0.1, 0.15) is 81.9 Å². The van der Waals surface area contributed by atoms with E-state index in [1.165, 1.54) is 63.9 Å². The summed E-state index contributed by atoms with van der Waals surface area (Å²) in [6.07, 6.45) is 13.0. The van der Waals surface area contributed by atoms with Gasteiger partial charge in [-0.3, -0.25) is 0 Å². The van der Waals surface area contributed by atoms with Crippen molar-refractivity contribution in [2.24, 2.45) is 0 Å². The van der Waals surface area contributed by atoms with E-state index in [0.29, 0.717) is 5.02 Å². The highest BCUT2D eigenvalue weighted by molar-refractivity contribution is 8.01. The molecular weight excluding hydrogens is 479 g/mol. The monoisotopic (exact) mass is 514 g/mol. The molecule has 1 atom stereocenters. The topological polar surface area (TPSA) is 34.1 Å². The summed E-state index contributed by atoms with van der Waals surface area (Å²) in [7, 11) is -3.48. The van der Waals surface area contributed by atoms with Gasteiger partial charge in [-0.15, -0.1) is 0 Å². The van der Waals surface area contributed by atoms with Crippen LogP contribution < -0.4 is 0 Å². The van der Waals surface area contributed by atoms with Crippen LogP contribution in [0, 0.1) is 0 Å². The summed E-state index contributed by atoms with van der Waals surface area (Å²) in [5, 5.41) is 0.525. The minimum absolute atomic E-state index is 0.0530. The van der Waals surface area contributed by atoms with E-state index >= 15 is 0 Å². The zero-order valence-electron chi connectivity index (χ0n) is 19.1. The molecule has 0 aliphatic rings. The molecule has 0 aliphatic carbocycles. The summed E-state index contributed by atoms with van der Waals surface area (Å²) in [5.74, 6) is 1.02. The van der Waals surface area contributed by atoms with Crippen molar-refractivity contribution in [3.8, 4) is 0 Å². The van der Waals surface area contributed by atoms with Crippen LogP contribution in [0.25, 0.3) is 0 Å². The lowest BCUT2D eigenvalue weighted by Gasteiger charge is -2.18. The van der Waals surface area contributed by atoms with Gasteiger partial charge < -0.3 is 0 Å². The van der Waals surface area contributed by atoms with Gasteiger partial charge in [-0.25, -0.2) is 8.42 Å². The number of benzene rings is 2. The van der Waals surface area contributed by atoms with E-state index in [2.05, 4.69) is 6.92 Å². The number of rotatable bonds is 16. The summed E-state index contributed by atoms with van der Waals surface area (Å²) >= 11 is 13.8. The van der Waals surface area contributed by atoms with Crippen LogP contribution in [0.15, 0.2) is 53.4 Å². The van der Waals surface area contributed by atoms with Crippen LogP contribution in [-0.4, -0.2) is 19.9 Å². The Labute approximate surface area is 209 Å². The molecule has 6 heteroatoms. The van der Waals surface area contributed by atoms with Gasteiger partial charge in [0, 0.05) is 5.25 Å². The van der Waals surface area contributed by atoms with Gasteiger partial charge in [0.05, 0.1) is 20.7 Å². The van der Waals surface area contributed by atoms with E-state index in [4.69, 9.17) is 23.2 Å². The van der Waals surface area contributed by atoms with Crippen LogP contribution in [0.2, 0.25) is 10.0 Å². The molecule has 0 bridgehead atoms. The van der Waals surface area contributed by atoms with Crippen LogP contribution in [0.5, 0.6) is 0 Å².